The number of halogens is 3. The van der Waals surface area contributed by atoms with E-state index >= 15 is 0 Å². The Balaban J connectivity index is 3.11. The molecule has 1 rings (SSSR count). The number of hydrogen-bond acceptors (Lipinski definition) is 1. The van der Waals surface area contributed by atoms with Gasteiger partial charge in [0.25, 0.3) is 0 Å². The fraction of sp³-hybridized carbons (Fsp3) is 0.300. The zero-order chi connectivity index (χ0) is 12.3. The second-order valence-electron chi connectivity index (χ2n) is 3.07. The number of alkyl halides is 3. The van der Waals surface area contributed by atoms with Crippen LogP contribution in [0.15, 0.2) is 24.3 Å². The van der Waals surface area contributed by atoms with E-state index < -0.39 is 17.8 Å². The number of nitrogens with zero attached hydrogens (tertiary/aromatic N) is 1. The average Bonchev–Trinajstić information content (AvgIpc) is 2.17. The van der Waals surface area contributed by atoms with Gasteiger partial charge in [0.1, 0.15) is 0 Å². The number of benzene rings is 1. The molecule has 0 fully saturated rings. The topological polar surface area (TPSA) is 40.5 Å². The van der Waals surface area contributed by atoms with Gasteiger partial charge in [-0.15, -0.1) is 0 Å². The summed E-state index contributed by atoms with van der Waals surface area (Å²) in [5, 5.41) is 8.77. The van der Waals surface area contributed by atoms with Crippen LogP contribution in [0.5, 0.6) is 0 Å². The maximum absolute atomic E-state index is 12.4. The van der Waals surface area contributed by atoms with Crippen LogP contribution in [0.2, 0.25) is 0 Å². The van der Waals surface area contributed by atoms with Gasteiger partial charge >= 0.3 is 12.3 Å². The normalized spacial score (nSPS) is 11.2. The van der Waals surface area contributed by atoms with Gasteiger partial charge in [0, 0.05) is 12.2 Å². The van der Waals surface area contributed by atoms with Crippen molar-refractivity contribution in [3.63, 3.8) is 0 Å². The summed E-state index contributed by atoms with van der Waals surface area (Å²) >= 11 is 0. The third-order valence-electron chi connectivity index (χ3n) is 2.03. The minimum atomic E-state index is -4.46. The van der Waals surface area contributed by atoms with Crippen LogP contribution >= 0.6 is 0 Å². The van der Waals surface area contributed by atoms with E-state index in [4.69, 9.17) is 5.11 Å². The summed E-state index contributed by atoms with van der Waals surface area (Å²) in [7, 11) is 0. The van der Waals surface area contributed by atoms with Gasteiger partial charge in [-0.2, -0.15) is 13.2 Å². The molecule has 0 aliphatic carbocycles. The van der Waals surface area contributed by atoms with Crippen molar-refractivity contribution in [1.82, 2.24) is 0 Å². The first-order valence-corrected chi connectivity index (χ1v) is 4.54. The SMILES string of the molecule is CCN(C(=O)O)c1cccc(C(F)(F)F)c1. The average molecular weight is 233 g/mol. The van der Waals surface area contributed by atoms with Crippen molar-refractivity contribution in [2.24, 2.45) is 0 Å². The molecule has 88 valence electrons. The Kier molecular flexibility index (Phi) is 3.41. The molecule has 0 unspecified atom stereocenters. The number of hydrogen-bond donors (Lipinski definition) is 1. The highest BCUT2D eigenvalue weighted by atomic mass is 19.4. The molecule has 6 heteroatoms. The monoisotopic (exact) mass is 233 g/mol. The Morgan fingerprint density at radius 3 is 2.50 bits per heavy atom. The van der Waals surface area contributed by atoms with Gasteiger partial charge in [-0.05, 0) is 25.1 Å². The maximum Gasteiger partial charge on any atom is 0.416 e. The molecule has 0 bridgehead atoms. The fourth-order valence-electron chi connectivity index (χ4n) is 1.28. The third kappa shape index (κ3) is 2.65. The third-order valence-corrected chi connectivity index (χ3v) is 2.03. The van der Waals surface area contributed by atoms with Gasteiger partial charge in [0.15, 0.2) is 0 Å². The summed E-state index contributed by atoms with van der Waals surface area (Å²) in [5.74, 6) is 0. The Hall–Kier alpha value is -1.72. The lowest BCUT2D eigenvalue weighted by atomic mass is 10.2. The van der Waals surface area contributed by atoms with E-state index in [1.54, 1.807) is 6.92 Å². The van der Waals surface area contributed by atoms with E-state index in [9.17, 15) is 18.0 Å². The predicted octanol–water partition coefficient (Wildman–Crippen LogP) is 3.21. The molecule has 16 heavy (non-hydrogen) atoms. The van der Waals surface area contributed by atoms with Gasteiger partial charge in [-0.1, -0.05) is 6.07 Å². The van der Waals surface area contributed by atoms with Crippen LogP contribution in [0, 0.1) is 0 Å². The molecule has 1 aromatic rings. The van der Waals surface area contributed by atoms with Crippen LogP contribution in [0.1, 0.15) is 12.5 Å². The maximum atomic E-state index is 12.4. The molecular formula is C10H10F3NO2. The summed E-state index contributed by atoms with van der Waals surface area (Å²) in [5.41, 5.74) is -0.838. The van der Waals surface area contributed by atoms with Crippen LogP contribution in [0.25, 0.3) is 0 Å². The van der Waals surface area contributed by atoms with Crippen molar-refractivity contribution in [2.45, 2.75) is 13.1 Å². The standard InChI is InChI=1S/C10H10F3NO2/c1-2-14(9(15)16)8-5-3-4-7(6-8)10(11,12)13/h3-6H,2H2,1H3,(H,15,16). The zero-order valence-corrected chi connectivity index (χ0v) is 8.45. The second-order valence-corrected chi connectivity index (χ2v) is 3.07. The molecule has 1 N–H and O–H groups in total. The lowest BCUT2D eigenvalue weighted by molar-refractivity contribution is -0.137. The number of anilines is 1. The molecular weight excluding hydrogens is 223 g/mol. The largest absolute Gasteiger partial charge is 0.465 e. The van der Waals surface area contributed by atoms with E-state index in [0.717, 1.165) is 17.0 Å². The molecule has 3 nitrogen and oxygen atoms in total. The lowest BCUT2D eigenvalue weighted by Gasteiger charge is -2.18. The zero-order valence-electron chi connectivity index (χ0n) is 8.45. The number of amides is 1. The first-order chi connectivity index (χ1) is 7.36. The summed E-state index contributed by atoms with van der Waals surface area (Å²) in [4.78, 5) is 11.6. The molecule has 0 aliphatic heterocycles. The Labute approximate surface area is 90.1 Å². The molecule has 0 radical (unpaired) electrons. The Morgan fingerprint density at radius 1 is 1.44 bits per heavy atom. The molecule has 0 spiro atoms. The van der Waals surface area contributed by atoms with E-state index in [1.165, 1.54) is 12.1 Å². The van der Waals surface area contributed by atoms with Crippen LogP contribution in [0.3, 0.4) is 0 Å². The smallest absolute Gasteiger partial charge is 0.416 e. The van der Waals surface area contributed by atoms with Crippen LogP contribution < -0.4 is 4.90 Å². The number of carboxylic acid groups (broad SMARTS) is 1. The summed E-state index contributed by atoms with van der Waals surface area (Å²) in [6.07, 6.45) is -5.74. The minimum absolute atomic E-state index is 0.0184. The van der Waals surface area contributed by atoms with Crippen molar-refractivity contribution >= 4 is 11.8 Å². The Bertz CT molecular complexity index is 390. The fourth-order valence-corrected chi connectivity index (χ4v) is 1.28. The van der Waals surface area contributed by atoms with Gasteiger partial charge in [0.05, 0.1) is 5.56 Å². The highest BCUT2D eigenvalue weighted by Gasteiger charge is 2.31. The summed E-state index contributed by atoms with van der Waals surface area (Å²) in [6, 6.07) is 4.23. The molecule has 0 aliphatic rings. The van der Waals surface area contributed by atoms with Gasteiger partial charge in [-0.3, -0.25) is 4.90 Å². The molecule has 0 atom stereocenters. The van der Waals surface area contributed by atoms with Crippen LogP contribution in [0.4, 0.5) is 23.7 Å². The van der Waals surface area contributed by atoms with Crippen molar-refractivity contribution in [3.8, 4) is 0 Å². The lowest BCUT2D eigenvalue weighted by Crippen LogP contribution is -2.28. The molecule has 0 saturated carbocycles. The van der Waals surface area contributed by atoms with Crippen LogP contribution in [-0.2, 0) is 6.18 Å². The van der Waals surface area contributed by atoms with Crippen molar-refractivity contribution < 1.29 is 23.1 Å². The first kappa shape index (κ1) is 12.4. The molecule has 1 aromatic carbocycles. The molecule has 0 heterocycles. The molecule has 0 saturated heterocycles. The van der Waals surface area contributed by atoms with Crippen molar-refractivity contribution in [3.05, 3.63) is 29.8 Å². The van der Waals surface area contributed by atoms with Crippen molar-refractivity contribution in [1.29, 1.82) is 0 Å². The predicted molar refractivity (Wildman–Crippen MR) is 52.5 cm³/mol. The van der Waals surface area contributed by atoms with E-state index in [0.29, 0.717) is 0 Å². The van der Waals surface area contributed by atoms with Gasteiger partial charge < -0.3 is 5.11 Å². The van der Waals surface area contributed by atoms with Gasteiger partial charge in [-0.25, -0.2) is 4.79 Å². The highest BCUT2D eigenvalue weighted by molar-refractivity contribution is 5.85. The van der Waals surface area contributed by atoms with E-state index in [2.05, 4.69) is 0 Å². The first-order valence-electron chi connectivity index (χ1n) is 4.54. The van der Waals surface area contributed by atoms with E-state index in [1.807, 2.05) is 0 Å². The van der Waals surface area contributed by atoms with Crippen molar-refractivity contribution in [2.75, 3.05) is 11.4 Å². The minimum Gasteiger partial charge on any atom is -0.465 e. The van der Waals surface area contributed by atoms with Gasteiger partial charge in [0.2, 0.25) is 0 Å². The summed E-state index contributed by atoms with van der Waals surface area (Å²) in [6.45, 7) is 1.64. The summed E-state index contributed by atoms with van der Waals surface area (Å²) < 4.78 is 37.1. The second kappa shape index (κ2) is 4.42. The highest BCUT2D eigenvalue weighted by Crippen LogP contribution is 2.31. The number of rotatable bonds is 2. The molecule has 0 aromatic heterocycles. The quantitative estimate of drug-likeness (QED) is 0.852. The van der Waals surface area contributed by atoms with Crippen LogP contribution in [-0.4, -0.2) is 17.7 Å². The molecule has 1 amide bonds. The Morgan fingerprint density at radius 2 is 2.06 bits per heavy atom. The van der Waals surface area contributed by atoms with E-state index in [-0.39, 0.29) is 12.2 Å². The number of carbonyl (C=O) groups is 1.